The number of ether oxygens (including phenoxy) is 1. The number of alkyl halides is 3. The molecule has 36 heavy (non-hydrogen) atoms. The molecule has 15 heteroatoms. The molecule has 4 rings (SSSR count). The zero-order valence-electron chi connectivity index (χ0n) is 19.5. The maximum atomic E-state index is 13.5. The van der Waals surface area contributed by atoms with Crippen LogP contribution in [0.1, 0.15) is 28.8 Å². The molecular formula is C21H26F3N7O4S. The Labute approximate surface area is 205 Å². The monoisotopic (exact) mass is 529 g/mol. The normalized spacial score (nSPS) is 18.3. The molecule has 1 amide bonds. The molecule has 2 saturated heterocycles. The van der Waals surface area contributed by atoms with Crippen LogP contribution in [0.5, 0.6) is 0 Å². The molecule has 11 nitrogen and oxygen atoms in total. The standard InChI is InChI=1S/C21H26F3N7O4S/c1-36(33,34)31-4-2-16(3-5-31)26-19-27-18(28-20(29-19)30-6-8-35-9-7-30)14-10-13(17(25)32)11-15(12-14)21(22,23)24/h10-12,16H,2-9H2,1H3,(H2,25,32)(H,26,27,28,29). The summed E-state index contributed by atoms with van der Waals surface area (Å²) >= 11 is 0. The van der Waals surface area contributed by atoms with Gasteiger partial charge in [-0.1, -0.05) is 0 Å². The third-order valence-corrected chi connectivity index (χ3v) is 7.28. The summed E-state index contributed by atoms with van der Waals surface area (Å²) < 4.78 is 70.9. The van der Waals surface area contributed by atoms with Gasteiger partial charge >= 0.3 is 6.18 Å². The van der Waals surface area contributed by atoms with Crippen molar-refractivity contribution in [1.29, 1.82) is 0 Å². The first-order valence-corrected chi connectivity index (χ1v) is 13.1. The first-order chi connectivity index (χ1) is 16.9. The van der Waals surface area contributed by atoms with Crippen LogP contribution in [0.25, 0.3) is 11.4 Å². The Morgan fingerprint density at radius 2 is 1.75 bits per heavy atom. The SMILES string of the molecule is CS(=O)(=O)N1CCC(Nc2nc(-c3cc(C(N)=O)cc(C(F)(F)F)c3)nc(N3CCOCC3)n2)CC1. The third-order valence-electron chi connectivity index (χ3n) is 5.98. The molecule has 0 bridgehead atoms. The van der Waals surface area contributed by atoms with E-state index >= 15 is 0 Å². The van der Waals surface area contributed by atoms with E-state index in [2.05, 4.69) is 20.3 Å². The van der Waals surface area contributed by atoms with Gasteiger partial charge in [0, 0.05) is 43.3 Å². The summed E-state index contributed by atoms with van der Waals surface area (Å²) in [6.07, 6.45) is -2.56. The van der Waals surface area contributed by atoms with Gasteiger partial charge < -0.3 is 20.7 Å². The number of nitrogens with two attached hydrogens (primary N) is 1. The van der Waals surface area contributed by atoms with Crippen molar-refractivity contribution in [3.05, 3.63) is 29.3 Å². The van der Waals surface area contributed by atoms with Crippen LogP contribution in [0.15, 0.2) is 18.2 Å². The molecule has 0 atom stereocenters. The summed E-state index contributed by atoms with van der Waals surface area (Å²) in [5.74, 6) is -0.688. The van der Waals surface area contributed by atoms with E-state index in [1.54, 1.807) is 0 Å². The summed E-state index contributed by atoms with van der Waals surface area (Å²) in [6, 6.07) is 2.60. The molecule has 1 aromatic carbocycles. The number of benzene rings is 1. The Bertz CT molecular complexity index is 1230. The number of halogens is 3. The smallest absolute Gasteiger partial charge is 0.378 e. The lowest BCUT2D eigenvalue weighted by molar-refractivity contribution is -0.137. The molecule has 0 unspecified atom stereocenters. The van der Waals surface area contributed by atoms with Gasteiger partial charge in [0.05, 0.1) is 25.0 Å². The van der Waals surface area contributed by atoms with E-state index in [0.717, 1.165) is 12.3 Å². The lowest BCUT2D eigenvalue weighted by Gasteiger charge is -2.31. The van der Waals surface area contributed by atoms with Crippen LogP contribution in [-0.2, 0) is 20.9 Å². The molecule has 3 N–H and O–H groups in total. The number of hydrogen-bond donors (Lipinski definition) is 2. The van der Waals surface area contributed by atoms with Crippen LogP contribution in [-0.4, -0.2) is 85.3 Å². The largest absolute Gasteiger partial charge is 0.416 e. The Kier molecular flexibility index (Phi) is 7.33. The molecule has 0 radical (unpaired) electrons. The number of sulfonamides is 1. The highest BCUT2D eigenvalue weighted by molar-refractivity contribution is 7.88. The number of amides is 1. The molecule has 2 aliphatic rings. The lowest BCUT2D eigenvalue weighted by atomic mass is 10.0. The van der Waals surface area contributed by atoms with Crippen LogP contribution in [0, 0.1) is 0 Å². The minimum atomic E-state index is -4.71. The van der Waals surface area contributed by atoms with Crippen molar-refractivity contribution >= 4 is 27.8 Å². The molecule has 3 heterocycles. The molecule has 1 aromatic heterocycles. The van der Waals surface area contributed by atoms with E-state index in [-0.39, 0.29) is 34.9 Å². The van der Waals surface area contributed by atoms with Gasteiger partial charge in [0.25, 0.3) is 0 Å². The van der Waals surface area contributed by atoms with Crippen molar-refractivity contribution in [2.75, 3.05) is 55.9 Å². The van der Waals surface area contributed by atoms with Gasteiger partial charge in [0.2, 0.25) is 27.8 Å². The maximum absolute atomic E-state index is 13.5. The van der Waals surface area contributed by atoms with Gasteiger partial charge in [-0.3, -0.25) is 4.79 Å². The van der Waals surface area contributed by atoms with Crippen molar-refractivity contribution in [2.45, 2.75) is 25.1 Å². The maximum Gasteiger partial charge on any atom is 0.416 e. The molecule has 2 fully saturated rings. The van der Waals surface area contributed by atoms with Crippen LogP contribution < -0.4 is 16.0 Å². The van der Waals surface area contributed by atoms with Gasteiger partial charge in [-0.05, 0) is 31.0 Å². The molecule has 2 aromatic rings. The van der Waals surface area contributed by atoms with Crippen LogP contribution in [0.3, 0.4) is 0 Å². The highest BCUT2D eigenvalue weighted by atomic mass is 32.2. The number of anilines is 2. The first kappa shape index (κ1) is 26.0. The number of carbonyl (C=O) groups excluding carboxylic acids is 1. The predicted molar refractivity (Wildman–Crippen MR) is 125 cm³/mol. The topological polar surface area (TPSA) is 144 Å². The fourth-order valence-electron chi connectivity index (χ4n) is 4.04. The number of piperidine rings is 1. The third kappa shape index (κ3) is 6.20. The first-order valence-electron chi connectivity index (χ1n) is 11.2. The lowest BCUT2D eigenvalue weighted by Crippen LogP contribution is -2.42. The highest BCUT2D eigenvalue weighted by Crippen LogP contribution is 2.33. The van der Waals surface area contributed by atoms with E-state index in [9.17, 15) is 26.4 Å². The van der Waals surface area contributed by atoms with Gasteiger partial charge in [-0.2, -0.15) is 28.1 Å². The van der Waals surface area contributed by atoms with Gasteiger partial charge in [-0.25, -0.2) is 12.7 Å². The average Bonchev–Trinajstić information content (AvgIpc) is 2.83. The molecule has 0 spiro atoms. The van der Waals surface area contributed by atoms with Gasteiger partial charge in [0.1, 0.15) is 0 Å². The summed E-state index contributed by atoms with van der Waals surface area (Å²) in [7, 11) is -3.30. The fraction of sp³-hybridized carbons (Fsp3) is 0.524. The van der Waals surface area contributed by atoms with Crippen LogP contribution in [0.2, 0.25) is 0 Å². The van der Waals surface area contributed by atoms with E-state index in [1.807, 2.05) is 4.90 Å². The molecule has 0 aliphatic carbocycles. The number of hydrogen-bond acceptors (Lipinski definition) is 9. The van der Waals surface area contributed by atoms with E-state index in [1.165, 1.54) is 10.4 Å². The summed E-state index contributed by atoms with van der Waals surface area (Å²) in [5.41, 5.74) is 3.86. The van der Waals surface area contributed by atoms with Crippen molar-refractivity contribution in [3.63, 3.8) is 0 Å². The summed E-state index contributed by atoms with van der Waals surface area (Å²) in [6.45, 7) is 2.46. The van der Waals surface area contributed by atoms with Crippen molar-refractivity contribution in [2.24, 2.45) is 5.73 Å². The second-order valence-electron chi connectivity index (χ2n) is 8.62. The number of rotatable bonds is 6. The number of nitrogens with zero attached hydrogens (tertiary/aromatic N) is 5. The van der Waals surface area contributed by atoms with Crippen molar-refractivity contribution < 1.29 is 31.1 Å². The number of nitrogens with one attached hydrogen (secondary N) is 1. The summed E-state index contributed by atoms with van der Waals surface area (Å²) in [4.78, 5) is 26.7. The molecule has 2 aliphatic heterocycles. The quantitative estimate of drug-likeness (QED) is 0.566. The zero-order chi connectivity index (χ0) is 26.1. The second-order valence-corrected chi connectivity index (χ2v) is 10.6. The predicted octanol–water partition coefficient (Wildman–Crippen LogP) is 1.33. The van der Waals surface area contributed by atoms with Crippen molar-refractivity contribution in [3.8, 4) is 11.4 Å². The van der Waals surface area contributed by atoms with Crippen LogP contribution >= 0.6 is 0 Å². The van der Waals surface area contributed by atoms with E-state index in [0.29, 0.717) is 58.3 Å². The fourth-order valence-corrected chi connectivity index (χ4v) is 4.91. The van der Waals surface area contributed by atoms with Crippen LogP contribution in [0.4, 0.5) is 25.1 Å². The number of carbonyl (C=O) groups is 1. The van der Waals surface area contributed by atoms with E-state index in [4.69, 9.17) is 10.5 Å². The summed E-state index contributed by atoms with van der Waals surface area (Å²) in [5, 5.41) is 3.17. The second kappa shape index (κ2) is 10.1. The number of primary amides is 1. The zero-order valence-corrected chi connectivity index (χ0v) is 20.3. The molecule has 196 valence electrons. The Hall–Kier alpha value is -3.04. The van der Waals surface area contributed by atoms with Gasteiger partial charge in [0.15, 0.2) is 5.82 Å². The minimum Gasteiger partial charge on any atom is -0.378 e. The molecule has 0 saturated carbocycles. The Morgan fingerprint density at radius 1 is 1.08 bits per heavy atom. The average molecular weight is 530 g/mol. The van der Waals surface area contributed by atoms with E-state index < -0.39 is 27.7 Å². The number of morpholine rings is 1. The van der Waals surface area contributed by atoms with Gasteiger partial charge in [-0.15, -0.1) is 0 Å². The minimum absolute atomic E-state index is 0.0366. The Balaban J connectivity index is 1.70. The highest BCUT2D eigenvalue weighted by Gasteiger charge is 2.32. The number of aromatic nitrogens is 3. The Morgan fingerprint density at radius 3 is 2.33 bits per heavy atom. The van der Waals surface area contributed by atoms with Crippen molar-refractivity contribution in [1.82, 2.24) is 19.3 Å². The molecular weight excluding hydrogens is 503 g/mol.